The molecule has 0 aromatic rings. The highest BCUT2D eigenvalue weighted by atomic mass is 16.1. The van der Waals surface area contributed by atoms with Crippen molar-refractivity contribution in [3.8, 4) is 0 Å². The summed E-state index contributed by atoms with van der Waals surface area (Å²) >= 11 is 0. The molecule has 0 rings (SSSR count). The second-order valence-electron chi connectivity index (χ2n) is 6.71. The minimum absolute atomic E-state index is 0.631. The van der Waals surface area contributed by atoms with Gasteiger partial charge in [-0.1, -0.05) is 90.9 Å². The van der Waals surface area contributed by atoms with E-state index in [9.17, 15) is 4.79 Å². The maximum atomic E-state index is 10.8. The molecule has 0 saturated carbocycles. The quantitative estimate of drug-likeness (QED) is 0.229. The van der Waals surface area contributed by atoms with E-state index >= 15 is 0 Å². The molecule has 22 heavy (non-hydrogen) atoms. The van der Waals surface area contributed by atoms with Gasteiger partial charge in [0.2, 0.25) is 0 Å². The maximum absolute atomic E-state index is 10.8. The summed E-state index contributed by atoms with van der Waals surface area (Å²) in [5, 5.41) is 0. The molecule has 0 aromatic carbocycles. The molecular weight excluding hydrogens is 270 g/mol. The Morgan fingerprint density at radius 3 is 1.32 bits per heavy atom. The largest absolute Gasteiger partial charge is 0.302 e. The summed E-state index contributed by atoms with van der Waals surface area (Å²) in [5.74, 6) is 0. The standard InChI is InChI=1S/C20H41NO/c1-3-5-7-9-11-13-15-17-21(19-20-22)18-16-14-12-10-8-6-4-2/h20H,3-19H2,1-2H3. The smallest absolute Gasteiger partial charge is 0.133 e. The van der Waals surface area contributed by atoms with Crippen molar-refractivity contribution in [3.05, 3.63) is 0 Å². The molecule has 0 spiro atoms. The summed E-state index contributed by atoms with van der Waals surface area (Å²) in [4.78, 5) is 13.1. The number of unbranched alkanes of at least 4 members (excludes halogenated alkanes) is 12. The van der Waals surface area contributed by atoms with Gasteiger partial charge in [-0.15, -0.1) is 0 Å². The number of carbonyl (C=O) groups is 1. The van der Waals surface area contributed by atoms with Crippen LogP contribution in [0.25, 0.3) is 0 Å². The van der Waals surface area contributed by atoms with E-state index < -0.39 is 0 Å². The molecule has 132 valence electrons. The van der Waals surface area contributed by atoms with Crippen molar-refractivity contribution in [2.45, 2.75) is 104 Å². The van der Waals surface area contributed by atoms with E-state index in [2.05, 4.69) is 18.7 Å². The molecule has 0 unspecified atom stereocenters. The molecule has 0 heterocycles. The number of carbonyl (C=O) groups excluding carboxylic acids is 1. The highest BCUT2D eigenvalue weighted by molar-refractivity contribution is 5.51. The van der Waals surface area contributed by atoms with Crippen LogP contribution in [0.1, 0.15) is 104 Å². The Labute approximate surface area is 140 Å². The summed E-state index contributed by atoms with van der Waals surface area (Å²) in [5.41, 5.74) is 0. The molecule has 0 radical (unpaired) electrons. The van der Waals surface area contributed by atoms with Crippen LogP contribution in [0.3, 0.4) is 0 Å². The van der Waals surface area contributed by atoms with Crippen LogP contribution in [-0.2, 0) is 4.79 Å². The third-order valence-electron chi connectivity index (χ3n) is 4.49. The first-order valence-electron chi connectivity index (χ1n) is 10.0. The van der Waals surface area contributed by atoms with Crippen LogP contribution in [0.2, 0.25) is 0 Å². The fraction of sp³-hybridized carbons (Fsp3) is 0.950. The Kier molecular flexibility index (Phi) is 18.4. The van der Waals surface area contributed by atoms with Gasteiger partial charge in [-0.3, -0.25) is 4.90 Å². The van der Waals surface area contributed by atoms with Crippen molar-refractivity contribution in [1.82, 2.24) is 4.90 Å². The van der Waals surface area contributed by atoms with E-state index in [-0.39, 0.29) is 0 Å². The van der Waals surface area contributed by atoms with E-state index in [1.54, 1.807) is 0 Å². The van der Waals surface area contributed by atoms with E-state index in [1.807, 2.05) is 0 Å². The highest BCUT2D eigenvalue weighted by Gasteiger charge is 2.03. The van der Waals surface area contributed by atoms with E-state index in [4.69, 9.17) is 0 Å². The van der Waals surface area contributed by atoms with Crippen molar-refractivity contribution in [2.75, 3.05) is 19.6 Å². The van der Waals surface area contributed by atoms with Crippen molar-refractivity contribution in [2.24, 2.45) is 0 Å². The molecule has 0 bridgehead atoms. The summed E-state index contributed by atoms with van der Waals surface area (Å²) in [7, 11) is 0. The fourth-order valence-electron chi connectivity index (χ4n) is 2.98. The third-order valence-corrected chi connectivity index (χ3v) is 4.49. The SMILES string of the molecule is CCCCCCCCCN(CC=O)CCCCCCCCC. The molecule has 0 aliphatic heterocycles. The van der Waals surface area contributed by atoms with Gasteiger partial charge in [0, 0.05) is 0 Å². The second-order valence-corrected chi connectivity index (χ2v) is 6.71. The van der Waals surface area contributed by atoms with E-state index in [0.29, 0.717) is 6.54 Å². The number of hydrogen-bond acceptors (Lipinski definition) is 2. The monoisotopic (exact) mass is 311 g/mol. The van der Waals surface area contributed by atoms with Crippen molar-refractivity contribution in [3.63, 3.8) is 0 Å². The fourth-order valence-corrected chi connectivity index (χ4v) is 2.98. The zero-order valence-electron chi connectivity index (χ0n) is 15.5. The zero-order valence-corrected chi connectivity index (χ0v) is 15.5. The summed E-state index contributed by atoms with van der Waals surface area (Å²) in [6, 6.07) is 0. The normalized spacial score (nSPS) is 11.2. The van der Waals surface area contributed by atoms with Gasteiger partial charge in [0.05, 0.1) is 6.54 Å². The average molecular weight is 312 g/mol. The Morgan fingerprint density at radius 1 is 0.591 bits per heavy atom. The number of rotatable bonds is 18. The molecule has 2 heteroatoms. The van der Waals surface area contributed by atoms with Gasteiger partial charge in [0.25, 0.3) is 0 Å². The Hall–Kier alpha value is -0.370. The van der Waals surface area contributed by atoms with Gasteiger partial charge in [-0.05, 0) is 25.9 Å². The number of aldehydes is 1. The van der Waals surface area contributed by atoms with Gasteiger partial charge in [0.15, 0.2) is 0 Å². The lowest BCUT2D eigenvalue weighted by Crippen LogP contribution is -2.28. The van der Waals surface area contributed by atoms with Crippen LogP contribution >= 0.6 is 0 Å². The van der Waals surface area contributed by atoms with Crippen LogP contribution in [0.5, 0.6) is 0 Å². The van der Waals surface area contributed by atoms with Crippen molar-refractivity contribution >= 4 is 6.29 Å². The van der Waals surface area contributed by atoms with Crippen LogP contribution < -0.4 is 0 Å². The lowest BCUT2D eigenvalue weighted by atomic mass is 10.1. The first-order chi connectivity index (χ1) is 10.8. The predicted octanol–water partition coefficient (Wildman–Crippen LogP) is 5.99. The van der Waals surface area contributed by atoms with Gasteiger partial charge >= 0.3 is 0 Å². The minimum atomic E-state index is 0.631. The Morgan fingerprint density at radius 2 is 0.955 bits per heavy atom. The van der Waals surface area contributed by atoms with Gasteiger partial charge < -0.3 is 4.79 Å². The summed E-state index contributed by atoms with van der Waals surface area (Å²) < 4.78 is 0. The highest BCUT2D eigenvalue weighted by Crippen LogP contribution is 2.09. The molecule has 2 nitrogen and oxygen atoms in total. The summed E-state index contributed by atoms with van der Waals surface area (Å²) in [6.07, 6.45) is 20.0. The molecular formula is C20H41NO. The van der Waals surface area contributed by atoms with Crippen LogP contribution in [0.15, 0.2) is 0 Å². The topological polar surface area (TPSA) is 20.3 Å². The van der Waals surface area contributed by atoms with Crippen molar-refractivity contribution < 1.29 is 4.79 Å². The number of hydrogen-bond donors (Lipinski definition) is 0. The number of nitrogens with zero attached hydrogens (tertiary/aromatic N) is 1. The predicted molar refractivity (Wildman–Crippen MR) is 98.5 cm³/mol. The first-order valence-corrected chi connectivity index (χ1v) is 10.0. The third kappa shape index (κ3) is 16.0. The molecule has 0 fully saturated rings. The zero-order chi connectivity index (χ0) is 16.3. The van der Waals surface area contributed by atoms with Crippen LogP contribution in [0.4, 0.5) is 0 Å². The Balaban J connectivity index is 3.46. The molecule has 0 atom stereocenters. The second kappa shape index (κ2) is 18.7. The lowest BCUT2D eigenvalue weighted by molar-refractivity contribution is -0.108. The molecule has 0 saturated heterocycles. The van der Waals surface area contributed by atoms with Crippen molar-refractivity contribution in [1.29, 1.82) is 0 Å². The summed E-state index contributed by atoms with van der Waals surface area (Å²) in [6.45, 7) is 7.39. The van der Waals surface area contributed by atoms with Gasteiger partial charge in [0.1, 0.15) is 6.29 Å². The first kappa shape index (κ1) is 21.6. The molecule has 0 N–H and O–H groups in total. The minimum Gasteiger partial charge on any atom is -0.302 e. The van der Waals surface area contributed by atoms with Crippen LogP contribution in [-0.4, -0.2) is 30.8 Å². The molecule has 0 aromatic heterocycles. The van der Waals surface area contributed by atoms with Gasteiger partial charge in [-0.25, -0.2) is 0 Å². The molecule has 0 aliphatic carbocycles. The lowest BCUT2D eigenvalue weighted by Gasteiger charge is -2.19. The molecule has 0 aliphatic rings. The maximum Gasteiger partial charge on any atom is 0.133 e. The van der Waals surface area contributed by atoms with E-state index in [0.717, 1.165) is 19.4 Å². The molecule has 0 amide bonds. The van der Waals surface area contributed by atoms with E-state index in [1.165, 1.54) is 89.9 Å². The average Bonchev–Trinajstić information content (AvgIpc) is 2.53. The van der Waals surface area contributed by atoms with Crippen LogP contribution in [0, 0.1) is 0 Å². The van der Waals surface area contributed by atoms with Gasteiger partial charge in [-0.2, -0.15) is 0 Å². The Bertz CT molecular complexity index is 200.